The monoisotopic (exact) mass is 243 g/mol. The minimum absolute atomic E-state index is 0.353. The van der Waals surface area contributed by atoms with E-state index in [9.17, 15) is 0 Å². The third-order valence-electron chi connectivity index (χ3n) is 3.03. The molecule has 1 saturated carbocycles. The molecular formula is C11H18ClN3O. The molecule has 0 unspecified atom stereocenters. The zero-order valence-corrected chi connectivity index (χ0v) is 10.7. The topological polar surface area (TPSA) is 39.9 Å². The Balaban J connectivity index is 2.08. The second-order valence-electron chi connectivity index (χ2n) is 4.55. The predicted molar refractivity (Wildman–Crippen MR) is 62.8 cm³/mol. The van der Waals surface area contributed by atoms with E-state index >= 15 is 0 Å². The highest BCUT2D eigenvalue weighted by atomic mass is 35.5. The molecule has 0 aromatic carbocycles. The van der Waals surface area contributed by atoms with Crippen LogP contribution in [0, 0.1) is 0 Å². The molecule has 1 aromatic heterocycles. The lowest BCUT2D eigenvalue weighted by atomic mass is 9.88. The van der Waals surface area contributed by atoms with E-state index in [0.29, 0.717) is 23.3 Å². The van der Waals surface area contributed by atoms with Gasteiger partial charge in [0.2, 0.25) is 5.28 Å². The maximum Gasteiger partial charge on any atom is 0.225 e. The van der Waals surface area contributed by atoms with Gasteiger partial charge >= 0.3 is 0 Å². The molecule has 1 aliphatic rings. The third kappa shape index (κ3) is 2.09. The highest BCUT2D eigenvalue weighted by Gasteiger charge is 2.34. The zero-order chi connectivity index (χ0) is 11.7. The van der Waals surface area contributed by atoms with Crippen LogP contribution in [0.3, 0.4) is 0 Å². The zero-order valence-electron chi connectivity index (χ0n) is 9.98. The highest BCUT2D eigenvalue weighted by Crippen LogP contribution is 2.38. The Morgan fingerprint density at radius 3 is 2.69 bits per heavy atom. The molecule has 1 aliphatic carbocycles. The van der Waals surface area contributed by atoms with Crippen LogP contribution >= 0.6 is 11.6 Å². The fourth-order valence-corrected chi connectivity index (χ4v) is 2.40. The van der Waals surface area contributed by atoms with E-state index < -0.39 is 0 Å². The summed E-state index contributed by atoms with van der Waals surface area (Å²) in [6.07, 6.45) is 2.42. The van der Waals surface area contributed by atoms with Gasteiger partial charge in [-0.2, -0.15) is 0 Å². The van der Waals surface area contributed by atoms with Gasteiger partial charge in [-0.25, -0.2) is 0 Å². The summed E-state index contributed by atoms with van der Waals surface area (Å²) in [5.74, 6) is 1.33. The predicted octanol–water partition coefficient (Wildman–Crippen LogP) is 2.79. The first-order valence-electron chi connectivity index (χ1n) is 5.85. The lowest BCUT2D eigenvalue weighted by molar-refractivity contribution is -0.0204. The number of nitrogens with zero attached hydrogens (tertiary/aromatic N) is 3. The van der Waals surface area contributed by atoms with E-state index in [1.165, 1.54) is 0 Å². The largest absolute Gasteiger partial charge is 0.378 e. The summed E-state index contributed by atoms with van der Waals surface area (Å²) in [7, 11) is 0. The van der Waals surface area contributed by atoms with Gasteiger partial charge in [-0.3, -0.25) is 4.57 Å². The highest BCUT2D eigenvalue weighted by molar-refractivity contribution is 6.28. The van der Waals surface area contributed by atoms with Crippen molar-refractivity contribution in [3.63, 3.8) is 0 Å². The molecule has 0 saturated heterocycles. The second kappa shape index (κ2) is 4.72. The van der Waals surface area contributed by atoms with E-state index in [-0.39, 0.29) is 0 Å². The van der Waals surface area contributed by atoms with Gasteiger partial charge in [-0.1, -0.05) is 13.8 Å². The van der Waals surface area contributed by atoms with Gasteiger partial charge in [0.05, 0.1) is 6.10 Å². The summed E-state index contributed by atoms with van der Waals surface area (Å²) in [6.45, 7) is 7.02. The maximum absolute atomic E-state index is 6.07. The SMILES string of the molecule is CCOC1CC(n2c(Cl)nnc2C(C)C)C1. The normalized spacial score (nSPS) is 24.8. The first-order chi connectivity index (χ1) is 7.63. The molecular weight excluding hydrogens is 226 g/mol. The van der Waals surface area contributed by atoms with Crippen molar-refractivity contribution >= 4 is 11.6 Å². The molecule has 1 heterocycles. The van der Waals surface area contributed by atoms with E-state index in [1.54, 1.807) is 0 Å². The van der Waals surface area contributed by atoms with E-state index in [0.717, 1.165) is 25.3 Å². The second-order valence-corrected chi connectivity index (χ2v) is 4.89. The van der Waals surface area contributed by atoms with E-state index in [4.69, 9.17) is 16.3 Å². The molecule has 1 fully saturated rings. The van der Waals surface area contributed by atoms with Crippen LogP contribution in [-0.4, -0.2) is 27.5 Å². The first-order valence-corrected chi connectivity index (χ1v) is 6.23. The smallest absolute Gasteiger partial charge is 0.225 e. The molecule has 0 aliphatic heterocycles. The Labute approximate surface area is 101 Å². The molecule has 0 bridgehead atoms. The molecule has 0 spiro atoms. The summed E-state index contributed by atoms with van der Waals surface area (Å²) >= 11 is 6.07. The van der Waals surface area contributed by atoms with Gasteiger partial charge in [0.1, 0.15) is 5.82 Å². The lowest BCUT2D eigenvalue weighted by Crippen LogP contribution is -2.34. The maximum atomic E-state index is 6.07. The van der Waals surface area contributed by atoms with Crippen LogP contribution in [0.4, 0.5) is 0 Å². The van der Waals surface area contributed by atoms with Crippen LogP contribution in [-0.2, 0) is 4.74 Å². The van der Waals surface area contributed by atoms with E-state index in [2.05, 4.69) is 28.6 Å². The summed E-state index contributed by atoms with van der Waals surface area (Å²) in [5.41, 5.74) is 0. The number of ether oxygens (including phenoxy) is 1. The Morgan fingerprint density at radius 2 is 2.12 bits per heavy atom. The molecule has 16 heavy (non-hydrogen) atoms. The van der Waals surface area contributed by atoms with Crippen molar-refractivity contribution < 1.29 is 4.74 Å². The van der Waals surface area contributed by atoms with Gasteiger partial charge in [0, 0.05) is 18.6 Å². The van der Waals surface area contributed by atoms with E-state index in [1.807, 2.05) is 6.92 Å². The molecule has 4 nitrogen and oxygen atoms in total. The molecule has 1 aromatic rings. The Kier molecular flexibility index (Phi) is 3.50. The molecule has 0 N–H and O–H groups in total. The molecule has 0 radical (unpaired) electrons. The fourth-order valence-electron chi connectivity index (χ4n) is 2.14. The van der Waals surface area contributed by atoms with Crippen LogP contribution in [0.15, 0.2) is 0 Å². The number of aromatic nitrogens is 3. The van der Waals surface area contributed by atoms with Crippen molar-refractivity contribution in [1.29, 1.82) is 0 Å². The minimum Gasteiger partial charge on any atom is -0.378 e. The lowest BCUT2D eigenvalue weighted by Gasteiger charge is -2.36. The summed E-state index contributed by atoms with van der Waals surface area (Å²) in [5, 5.41) is 8.58. The van der Waals surface area contributed by atoms with Gasteiger partial charge in [-0.15, -0.1) is 10.2 Å². The van der Waals surface area contributed by atoms with Crippen molar-refractivity contribution in [1.82, 2.24) is 14.8 Å². The van der Waals surface area contributed by atoms with Crippen molar-refractivity contribution in [2.75, 3.05) is 6.61 Å². The van der Waals surface area contributed by atoms with Crippen molar-refractivity contribution in [3.8, 4) is 0 Å². The molecule has 0 atom stereocenters. The molecule has 2 rings (SSSR count). The van der Waals surface area contributed by atoms with Gasteiger partial charge < -0.3 is 4.74 Å². The van der Waals surface area contributed by atoms with Crippen LogP contribution in [0.5, 0.6) is 0 Å². The number of hydrogen-bond donors (Lipinski definition) is 0. The summed E-state index contributed by atoms with van der Waals surface area (Å²) in [6, 6.07) is 0.413. The standard InChI is InChI=1S/C11H18ClN3O/c1-4-16-9-5-8(6-9)15-10(7(2)3)13-14-11(15)12/h7-9H,4-6H2,1-3H3. The quantitative estimate of drug-likeness (QED) is 0.817. The molecule has 90 valence electrons. The average molecular weight is 244 g/mol. The van der Waals surface area contributed by atoms with Gasteiger partial charge in [-0.05, 0) is 31.4 Å². The van der Waals surface area contributed by atoms with Crippen LogP contribution in [0.1, 0.15) is 51.4 Å². The minimum atomic E-state index is 0.353. The number of rotatable bonds is 4. The first kappa shape index (κ1) is 11.9. The number of halogens is 1. The molecule has 5 heteroatoms. The summed E-state index contributed by atoms with van der Waals surface area (Å²) < 4.78 is 7.61. The number of hydrogen-bond acceptors (Lipinski definition) is 3. The average Bonchev–Trinajstić information content (AvgIpc) is 2.53. The fraction of sp³-hybridized carbons (Fsp3) is 0.818. The van der Waals surface area contributed by atoms with Crippen molar-refractivity contribution in [2.24, 2.45) is 0 Å². The van der Waals surface area contributed by atoms with Crippen LogP contribution < -0.4 is 0 Å². The Morgan fingerprint density at radius 1 is 1.44 bits per heavy atom. The van der Waals surface area contributed by atoms with Crippen molar-refractivity contribution in [2.45, 2.75) is 51.7 Å². The Hall–Kier alpha value is -0.610. The Bertz CT molecular complexity index is 358. The van der Waals surface area contributed by atoms with Crippen molar-refractivity contribution in [3.05, 3.63) is 11.1 Å². The summed E-state index contributed by atoms with van der Waals surface area (Å²) in [4.78, 5) is 0. The molecule has 0 amide bonds. The van der Waals surface area contributed by atoms with Crippen LogP contribution in [0.25, 0.3) is 0 Å². The van der Waals surface area contributed by atoms with Gasteiger partial charge in [0.15, 0.2) is 0 Å². The third-order valence-corrected chi connectivity index (χ3v) is 3.29. The van der Waals surface area contributed by atoms with Crippen LogP contribution in [0.2, 0.25) is 5.28 Å². The van der Waals surface area contributed by atoms with Gasteiger partial charge in [0.25, 0.3) is 0 Å².